The Hall–Kier alpha value is -2.16. The molecule has 2 heterocycles. The highest BCUT2D eigenvalue weighted by atomic mass is 32.2. The lowest BCUT2D eigenvalue weighted by molar-refractivity contribution is 0.0901. The minimum atomic E-state index is -3.53. The lowest BCUT2D eigenvalue weighted by atomic mass is 10.0. The Kier molecular flexibility index (Phi) is 5.98. The molecule has 0 radical (unpaired) electrons. The van der Waals surface area contributed by atoms with Gasteiger partial charge in [0.2, 0.25) is 10.0 Å². The van der Waals surface area contributed by atoms with Gasteiger partial charge in [0, 0.05) is 18.7 Å². The summed E-state index contributed by atoms with van der Waals surface area (Å²) in [5.41, 5.74) is 0.327. The molecule has 1 unspecified atom stereocenters. The topological polar surface area (TPSA) is 99.9 Å². The van der Waals surface area contributed by atoms with Crippen LogP contribution in [0, 0.1) is 5.92 Å². The van der Waals surface area contributed by atoms with Gasteiger partial charge in [-0.05, 0) is 55.2 Å². The first-order valence-electron chi connectivity index (χ1n) is 8.98. The molecule has 1 aromatic heterocycles. The predicted octanol–water partition coefficient (Wildman–Crippen LogP) is 2.16. The zero-order chi connectivity index (χ0) is 19.4. The fourth-order valence-corrected chi connectivity index (χ4v) is 4.50. The highest BCUT2D eigenvalue weighted by Crippen LogP contribution is 2.23. The van der Waals surface area contributed by atoms with E-state index in [2.05, 4.69) is 12.2 Å². The summed E-state index contributed by atoms with van der Waals surface area (Å²) in [6, 6.07) is 9.14. The fourth-order valence-electron chi connectivity index (χ4n) is 3.03. The molecule has 1 amide bonds. The van der Waals surface area contributed by atoms with E-state index < -0.39 is 22.0 Å². The Labute approximate surface area is 159 Å². The highest BCUT2D eigenvalue weighted by molar-refractivity contribution is 7.89. The van der Waals surface area contributed by atoms with Crippen molar-refractivity contribution in [3.63, 3.8) is 0 Å². The molecule has 1 aromatic carbocycles. The third kappa shape index (κ3) is 4.58. The van der Waals surface area contributed by atoms with Crippen molar-refractivity contribution >= 4 is 15.9 Å². The number of rotatable bonds is 6. The number of carbonyl (C=O) groups excluding carboxylic acids is 1. The van der Waals surface area contributed by atoms with Crippen LogP contribution in [-0.4, -0.2) is 43.4 Å². The van der Waals surface area contributed by atoms with E-state index in [1.165, 1.54) is 34.8 Å². The van der Waals surface area contributed by atoms with Crippen LogP contribution >= 0.6 is 0 Å². The van der Waals surface area contributed by atoms with Gasteiger partial charge in [-0.2, -0.15) is 4.31 Å². The third-order valence-electron chi connectivity index (χ3n) is 4.82. The summed E-state index contributed by atoms with van der Waals surface area (Å²) >= 11 is 0. The number of hydrogen-bond acceptors (Lipinski definition) is 5. The predicted molar refractivity (Wildman–Crippen MR) is 99.6 cm³/mol. The first-order chi connectivity index (χ1) is 12.9. The van der Waals surface area contributed by atoms with Crippen LogP contribution < -0.4 is 5.32 Å². The van der Waals surface area contributed by atoms with Crippen LogP contribution in [0.25, 0.3) is 0 Å². The van der Waals surface area contributed by atoms with Crippen molar-refractivity contribution in [3.05, 3.63) is 54.0 Å². The van der Waals surface area contributed by atoms with Crippen molar-refractivity contribution in [3.8, 4) is 0 Å². The first-order valence-corrected chi connectivity index (χ1v) is 10.4. The van der Waals surface area contributed by atoms with Gasteiger partial charge < -0.3 is 14.8 Å². The second-order valence-corrected chi connectivity index (χ2v) is 8.79. The van der Waals surface area contributed by atoms with Crippen molar-refractivity contribution < 1.29 is 22.7 Å². The summed E-state index contributed by atoms with van der Waals surface area (Å²) in [4.78, 5) is 12.4. The maximum atomic E-state index is 12.7. The van der Waals surface area contributed by atoms with Crippen LogP contribution in [-0.2, 0) is 10.0 Å². The number of nitrogens with one attached hydrogen (secondary N) is 1. The van der Waals surface area contributed by atoms with Crippen LogP contribution in [0.1, 0.15) is 42.0 Å². The second kappa shape index (κ2) is 8.24. The standard InChI is InChI=1S/C19H24N2O5S/c1-14-8-10-21(11-9-14)27(24,25)16-6-4-15(5-7-16)19(23)20-13-17(22)18-3-2-12-26-18/h2-7,12,14,17,22H,8-11,13H2,1H3,(H,20,23). The molecule has 0 saturated carbocycles. The van der Waals surface area contributed by atoms with E-state index in [4.69, 9.17) is 4.42 Å². The van der Waals surface area contributed by atoms with E-state index in [1.807, 2.05) is 0 Å². The van der Waals surface area contributed by atoms with E-state index >= 15 is 0 Å². The maximum absolute atomic E-state index is 12.7. The number of sulfonamides is 1. The Bertz CT molecular complexity index is 854. The minimum absolute atomic E-state index is 0.00163. The molecule has 27 heavy (non-hydrogen) atoms. The lowest BCUT2D eigenvalue weighted by Crippen LogP contribution is -2.37. The van der Waals surface area contributed by atoms with Gasteiger partial charge in [0.15, 0.2) is 0 Å². The normalized spacial score (nSPS) is 17.6. The number of piperidine rings is 1. The van der Waals surface area contributed by atoms with E-state index in [-0.39, 0.29) is 11.4 Å². The van der Waals surface area contributed by atoms with Crippen molar-refractivity contribution in [2.45, 2.75) is 30.8 Å². The maximum Gasteiger partial charge on any atom is 0.251 e. The Balaban J connectivity index is 1.61. The lowest BCUT2D eigenvalue weighted by Gasteiger charge is -2.29. The number of hydrogen-bond donors (Lipinski definition) is 2. The molecule has 1 aliphatic heterocycles. The third-order valence-corrected chi connectivity index (χ3v) is 6.74. The number of aliphatic hydroxyl groups is 1. The zero-order valence-electron chi connectivity index (χ0n) is 15.2. The zero-order valence-corrected chi connectivity index (χ0v) is 16.0. The van der Waals surface area contributed by atoms with E-state index in [9.17, 15) is 18.3 Å². The minimum Gasteiger partial charge on any atom is -0.467 e. The number of furan rings is 1. The van der Waals surface area contributed by atoms with Crippen LogP contribution in [0.15, 0.2) is 52.0 Å². The molecule has 8 heteroatoms. The van der Waals surface area contributed by atoms with Crippen LogP contribution in [0.3, 0.4) is 0 Å². The molecule has 1 saturated heterocycles. The van der Waals surface area contributed by atoms with Gasteiger partial charge in [0.25, 0.3) is 5.91 Å². The van der Waals surface area contributed by atoms with Crippen molar-refractivity contribution in [1.82, 2.24) is 9.62 Å². The molecule has 1 atom stereocenters. The van der Waals surface area contributed by atoms with Crippen molar-refractivity contribution in [1.29, 1.82) is 0 Å². The molecule has 7 nitrogen and oxygen atoms in total. The van der Waals surface area contributed by atoms with Gasteiger partial charge in [-0.25, -0.2) is 8.42 Å². The van der Waals surface area contributed by atoms with E-state index in [0.717, 1.165) is 12.8 Å². The Morgan fingerprint density at radius 1 is 1.26 bits per heavy atom. The Morgan fingerprint density at radius 2 is 1.93 bits per heavy atom. The number of nitrogens with zero attached hydrogens (tertiary/aromatic N) is 1. The van der Waals surface area contributed by atoms with Crippen LogP contribution in [0.4, 0.5) is 0 Å². The molecule has 0 bridgehead atoms. The van der Waals surface area contributed by atoms with Crippen LogP contribution in [0.5, 0.6) is 0 Å². The molecule has 1 aliphatic rings. The van der Waals surface area contributed by atoms with Gasteiger partial charge in [-0.15, -0.1) is 0 Å². The number of carbonyl (C=O) groups is 1. The smallest absolute Gasteiger partial charge is 0.251 e. The number of benzene rings is 1. The number of amides is 1. The second-order valence-electron chi connectivity index (χ2n) is 6.85. The number of aliphatic hydroxyl groups excluding tert-OH is 1. The average Bonchev–Trinajstić information content (AvgIpc) is 3.21. The Morgan fingerprint density at radius 3 is 2.52 bits per heavy atom. The average molecular weight is 392 g/mol. The van der Waals surface area contributed by atoms with Crippen LogP contribution in [0.2, 0.25) is 0 Å². The highest BCUT2D eigenvalue weighted by Gasteiger charge is 2.28. The van der Waals surface area contributed by atoms with Gasteiger partial charge in [0.1, 0.15) is 11.9 Å². The molecule has 2 aromatic rings. The van der Waals surface area contributed by atoms with E-state index in [0.29, 0.717) is 30.3 Å². The van der Waals surface area contributed by atoms with Crippen molar-refractivity contribution in [2.75, 3.05) is 19.6 Å². The summed E-state index contributed by atoms with van der Waals surface area (Å²) < 4.78 is 32.0. The van der Waals surface area contributed by atoms with Gasteiger partial charge in [0.05, 0.1) is 17.7 Å². The van der Waals surface area contributed by atoms with E-state index in [1.54, 1.807) is 12.1 Å². The summed E-state index contributed by atoms with van der Waals surface area (Å²) in [7, 11) is -3.53. The first kappa shape index (κ1) is 19.6. The van der Waals surface area contributed by atoms with Gasteiger partial charge in [-0.1, -0.05) is 6.92 Å². The van der Waals surface area contributed by atoms with Gasteiger partial charge >= 0.3 is 0 Å². The SMILES string of the molecule is CC1CCN(S(=O)(=O)c2ccc(C(=O)NCC(O)c3ccco3)cc2)CC1. The molecule has 0 aliphatic carbocycles. The molecule has 0 spiro atoms. The van der Waals surface area contributed by atoms with Crippen molar-refractivity contribution in [2.24, 2.45) is 5.92 Å². The largest absolute Gasteiger partial charge is 0.467 e. The fraction of sp³-hybridized carbons (Fsp3) is 0.421. The molecule has 3 rings (SSSR count). The quantitative estimate of drug-likeness (QED) is 0.785. The molecular weight excluding hydrogens is 368 g/mol. The molecule has 2 N–H and O–H groups in total. The summed E-state index contributed by atoms with van der Waals surface area (Å²) in [6.07, 6.45) is 2.22. The summed E-state index contributed by atoms with van der Waals surface area (Å²) in [5.74, 6) is 0.517. The summed E-state index contributed by atoms with van der Waals surface area (Å²) in [5, 5.41) is 12.5. The molecule has 146 valence electrons. The monoisotopic (exact) mass is 392 g/mol. The van der Waals surface area contributed by atoms with Gasteiger partial charge in [-0.3, -0.25) is 4.79 Å². The summed E-state index contributed by atoms with van der Waals surface area (Å²) in [6.45, 7) is 3.17. The molecular formula is C19H24N2O5S. The molecule has 1 fully saturated rings.